The standard InChI is InChI=1S/C15H26N2O3/c1-3-5-11-9-12(11)16-14(20)17-8-7-15(10-17,6-4-2)13(18)19/h11-12H,3-10H2,1-2H3,(H,16,20)(H,18,19). The number of aliphatic carboxylic acids is 1. The highest BCUT2D eigenvalue weighted by Crippen LogP contribution is 2.37. The van der Waals surface area contributed by atoms with Gasteiger partial charge in [0.2, 0.25) is 0 Å². The molecule has 0 radical (unpaired) electrons. The molecule has 1 aliphatic heterocycles. The van der Waals surface area contributed by atoms with Crippen molar-refractivity contribution in [2.45, 2.75) is 58.4 Å². The van der Waals surface area contributed by atoms with Crippen LogP contribution in [0, 0.1) is 11.3 Å². The molecule has 114 valence electrons. The second-order valence-corrected chi connectivity index (χ2v) is 6.35. The molecular formula is C15H26N2O3. The van der Waals surface area contributed by atoms with E-state index in [1.165, 1.54) is 6.42 Å². The maximum atomic E-state index is 12.2. The van der Waals surface area contributed by atoms with Crippen LogP contribution in [0.25, 0.3) is 0 Å². The number of carboxylic acids is 1. The molecule has 2 rings (SSSR count). The van der Waals surface area contributed by atoms with Gasteiger partial charge in [-0.2, -0.15) is 0 Å². The maximum absolute atomic E-state index is 12.2. The van der Waals surface area contributed by atoms with Crippen LogP contribution in [0.4, 0.5) is 4.79 Å². The molecule has 5 nitrogen and oxygen atoms in total. The van der Waals surface area contributed by atoms with Crippen molar-refractivity contribution in [3.63, 3.8) is 0 Å². The first kappa shape index (κ1) is 15.1. The Kier molecular flexibility index (Phi) is 4.55. The summed E-state index contributed by atoms with van der Waals surface area (Å²) in [5.74, 6) is -0.128. The molecule has 3 unspecified atom stereocenters. The lowest BCUT2D eigenvalue weighted by molar-refractivity contribution is -0.148. The van der Waals surface area contributed by atoms with Crippen molar-refractivity contribution in [1.29, 1.82) is 0 Å². The van der Waals surface area contributed by atoms with Gasteiger partial charge in [-0.05, 0) is 31.6 Å². The summed E-state index contributed by atoms with van der Waals surface area (Å²) >= 11 is 0. The summed E-state index contributed by atoms with van der Waals surface area (Å²) in [5.41, 5.74) is -0.724. The quantitative estimate of drug-likeness (QED) is 0.786. The van der Waals surface area contributed by atoms with Gasteiger partial charge >= 0.3 is 12.0 Å². The van der Waals surface area contributed by atoms with Crippen molar-refractivity contribution >= 4 is 12.0 Å². The number of carbonyl (C=O) groups excluding carboxylic acids is 1. The van der Waals surface area contributed by atoms with Gasteiger partial charge in [0.05, 0.1) is 5.41 Å². The monoisotopic (exact) mass is 282 g/mol. The van der Waals surface area contributed by atoms with Crippen LogP contribution in [0.2, 0.25) is 0 Å². The van der Waals surface area contributed by atoms with Gasteiger partial charge in [0.25, 0.3) is 0 Å². The number of nitrogens with zero attached hydrogens (tertiary/aromatic N) is 1. The molecule has 20 heavy (non-hydrogen) atoms. The van der Waals surface area contributed by atoms with E-state index < -0.39 is 11.4 Å². The van der Waals surface area contributed by atoms with Crippen molar-refractivity contribution in [1.82, 2.24) is 10.2 Å². The van der Waals surface area contributed by atoms with Gasteiger partial charge in [-0.25, -0.2) is 4.79 Å². The van der Waals surface area contributed by atoms with Gasteiger partial charge in [-0.15, -0.1) is 0 Å². The van der Waals surface area contributed by atoms with Crippen LogP contribution in [0.1, 0.15) is 52.4 Å². The van der Waals surface area contributed by atoms with Gasteiger partial charge in [0.1, 0.15) is 0 Å². The second kappa shape index (κ2) is 6.02. The Morgan fingerprint density at radius 3 is 2.70 bits per heavy atom. The number of amides is 2. The minimum Gasteiger partial charge on any atom is -0.481 e. The van der Waals surface area contributed by atoms with Crippen LogP contribution in [0.15, 0.2) is 0 Å². The second-order valence-electron chi connectivity index (χ2n) is 6.35. The Labute approximate surface area is 120 Å². The van der Waals surface area contributed by atoms with Gasteiger partial charge in [-0.1, -0.05) is 26.7 Å². The summed E-state index contributed by atoms with van der Waals surface area (Å²) in [4.78, 5) is 25.4. The minimum atomic E-state index is -0.759. The van der Waals surface area contributed by atoms with Gasteiger partial charge in [0.15, 0.2) is 0 Å². The van der Waals surface area contributed by atoms with E-state index in [0.717, 1.165) is 19.3 Å². The normalized spacial score (nSPS) is 32.2. The molecule has 0 spiro atoms. The zero-order chi connectivity index (χ0) is 14.8. The van der Waals surface area contributed by atoms with E-state index in [0.29, 0.717) is 37.9 Å². The fraction of sp³-hybridized carbons (Fsp3) is 0.867. The Balaban J connectivity index is 1.85. The van der Waals surface area contributed by atoms with E-state index in [9.17, 15) is 14.7 Å². The molecule has 0 aromatic carbocycles. The molecule has 1 saturated carbocycles. The molecule has 2 aliphatic rings. The Bertz CT molecular complexity index is 385. The first-order valence-electron chi connectivity index (χ1n) is 7.81. The molecule has 0 aromatic heterocycles. The largest absolute Gasteiger partial charge is 0.481 e. The van der Waals surface area contributed by atoms with Crippen LogP contribution in [0.5, 0.6) is 0 Å². The number of hydrogen-bond donors (Lipinski definition) is 2. The molecule has 5 heteroatoms. The lowest BCUT2D eigenvalue weighted by Gasteiger charge is -2.24. The number of carbonyl (C=O) groups is 2. The third kappa shape index (κ3) is 3.07. The van der Waals surface area contributed by atoms with E-state index in [4.69, 9.17) is 0 Å². The third-order valence-electron chi connectivity index (χ3n) is 4.71. The summed E-state index contributed by atoms with van der Waals surface area (Å²) in [6.07, 6.45) is 5.45. The number of carboxylic acid groups (broad SMARTS) is 1. The zero-order valence-electron chi connectivity index (χ0n) is 12.5. The first-order chi connectivity index (χ1) is 9.52. The summed E-state index contributed by atoms with van der Waals surface area (Å²) in [7, 11) is 0. The average Bonchev–Trinajstić information content (AvgIpc) is 2.96. The highest BCUT2D eigenvalue weighted by atomic mass is 16.4. The Morgan fingerprint density at radius 1 is 1.35 bits per heavy atom. The van der Waals surface area contributed by atoms with Crippen LogP contribution >= 0.6 is 0 Å². The summed E-state index contributed by atoms with van der Waals surface area (Å²) in [6.45, 7) is 5.06. The number of rotatable bonds is 6. The van der Waals surface area contributed by atoms with Gasteiger partial charge < -0.3 is 15.3 Å². The summed E-state index contributed by atoms with van der Waals surface area (Å²) < 4.78 is 0. The summed E-state index contributed by atoms with van der Waals surface area (Å²) in [5, 5.41) is 12.5. The fourth-order valence-corrected chi connectivity index (χ4v) is 3.37. The van der Waals surface area contributed by atoms with Crippen LogP contribution < -0.4 is 5.32 Å². The molecule has 0 aromatic rings. The molecule has 1 saturated heterocycles. The smallest absolute Gasteiger partial charge is 0.317 e. The Morgan fingerprint density at radius 2 is 2.10 bits per heavy atom. The lowest BCUT2D eigenvalue weighted by Crippen LogP contribution is -2.42. The van der Waals surface area contributed by atoms with Gasteiger partial charge in [-0.3, -0.25) is 4.79 Å². The highest BCUT2D eigenvalue weighted by Gasteiger charge is 2.46. The molecule has 2 N–H and O–H groups in total. The molecule has 2 fully saturated rings. The minimum absolute atomic E-state index is 0.0761. The van der Waals surface area contributed by atoms with E-state index >= 15 is 0 Å². The maximum Gasteiger partial charge on any atom is 0.317 e. The van der Waals surface area contributed by atoms with Crippen molar-refractivity contribution in [2.75, 3.05) is 13.1 Å². The lowest BCUT2D eigenvalue weighted by atomic mass is 9.83. The van der Waals surface area contributed by atoms with Crippen LogP contribution in [-0.2, 0) is 4.79 Å². The molecule has 2 amide bonds. The molecule has 3 atom stereocenters. The fourth-order valence-electron chi connectivity index (χ4n) is 3.37. The third-order valence-corrected chi connectivity index (χ3v) is 4.71. The van der Waals surface area contributed by atoms with Gasteiger partial charge in [0, 0.05) is 19.1 Å². The number of likely N-dealkylation sites (tertiary alicyclic amines) is 1. The van der Waals surface area contributed by atoms with Crippen LogP contribution in [-0.4, -0.2) is 41.1 Å². The van der Waals surface area contributed by atoms with Crippen molar-refractivity contribution in [3.8, 4) is 0 Å². The molecule has 0 bridgehead atoms. The highest BCUT2D eigenvalue weighted by molar-refractivity contribution is 5.80. The average molecular weight is 282 g/mol. The van der Waals surface area contributed by atoms with E-state index in [1.807, 2.05) is 6.92 Å². The molecular weight excluding hydrogens is 256 g/mol. The van der Waals surface area contributed by atoms with Crippen molar-refractivity contribution in [3.05, 3.63) is 0 Å². The zero-order valence-corrected chi connectivity index (χ0v) is 12.5. The molecule has 1 aliphatic carbocycles. The molecule has 1 heterocycles. The topological polar surface area (TPSA) is 69.6 Å². The van der Waals surface area contributed by atoms with E-state index in [2.05, 4.69) is 12.2 Å². The number of nitrogens with one attached hydrogen (secondary N) is 1. The Hall–Kier alpha value is -1.26. The van der Waals surface area contributed by atoms with E-state index in [-0.39, 0.29) is 6.03 Å². The van der Waals surface area contributed by atoms with Crippen molar-refractivity contribution in [2.24, 2.45) is 11.3 Å². The first-order valence-corrected chi connectivity index (χ1v) is 7.81. The predicted molar refractivity (Wildman–Crippen MR) is 76.5 cm³/mol. The summed E-state index contributed by atoms with van der Waals surface area (Å²) in [6, 6.07) is 0.237. The van der Waals surface area contributed by atoms with Crippen LogP contribution in [0.3, 0.4) is 0 Å². The van der Waals surface area contributed by atoms with Crippen molar-refractivity contribution < 1.29 is 14.7 Å². The predicted octanol–water partition coefficient (Wildman–Crippen LogP) is 2.46. The van der Waals surface area contributed by atoms with E-state index in [1.54, 1.807) is 4.90 Å². The number of hydrogen-bond acceptors (Lipinski definition) is 2. The SMILES string of the molecule is CCCC1CC1NC(=O)N1CCC(CCC)(C(=O)O)C1. The number of urea groups is 1.